The molecule has 0 aliphatic heterocycles. The number of pyridine rings is 2. The van der Waals surface area contributed by atoms with E-state index in [2.05, 4.69) is 9.97 Å². The van der Waals surface area contributed by atoms with Crippen LogP contribution in [0.4, 0.5) is 13.2 Å². The number of alkyl halides is 3. The van der Waals surface area contributed by atoms with Gasteiger partial charge in [0.25, 0.3) is 0 Å². The Labute approximate surface area is 129 Å². The molecule has 7 heteroatoms. The van der Waals surface area contributed by atoms with Gasteiger partial charge >= 0.3 is 6.18 Å². The molecule has 3 nitrogen and oxygen atoms in total. The van der Waals surface area contributed by atoms with Crippen molar-refractivity contribution < 1.29 is 13.2 Å². The van der Waals surface area contributed by atoms with Crippen LogP contribution in [0.5, 0.6) is 0 Å². The van der Waals surface area contributed by atoms with Gasteiger partial charge in [-0.1, -0.05) is 17.8 Å². The molecule has 0 saturated carbocycles. The first-order valence-electron chi connectivity index (χ1n) is 6.53. The summed E-state index contributed by atoms with van der Waals surface area (Å²) in [5, 5.41) is 0.543. The lowest BCUT2D eigenvalue weighted by molar-refractivity contribution is -0.137. The second-order valence-corrected chi connectivity index (χ2v) is 5.79. The molecule has 0 unspecified atom stereocenters. The molecule has 22 heavy (non-hydrogen) atoms. The summed E-state index contributed by atoms with van der Waals surface area (Å²) in [6, 6.07) is 8.27. The van der Waals surface area contributed by atoms with E-state index in [4.69, 9.17) is 0 Å². The minimum Gasteiger partial charge on any atom is -0.304 e. The van der Waals surface area contributed by atoms with Gasteiger partial charge in [0, 0.05) is 23.8 Å². The van der Waals surface area contributed by atoms with E-state index in [1.165, 1.54) is 17.8 Å². The fourth-order valence-electron chi connectivity index (χ4n) is 2.05. The fraction of sp³-hybridized carbons (Fsp3) is 0.200. The van der Waals surface area contributed by atoms with Crippen molar-refractivity contribution in [2.24, 2.45) is 0 Å². The number of imidazole rings is 1. The predicted octanol–water partition coefficient (Wildman–Crippen LogP) is 4.35. The van der Waals surface area contributed by atoms with Crippen molar-refractivity contribution in [1.29, 1.82) is 0 Å². The molecule has 0 spiro atoms. The Morgan fingerprint density at radius 3 is 2.64 bits per heavy atom. The molecule has 0 aliphatic rings. The van der Waals surface area contributed by atoms with E-state index in [-0.39, 0.29) is 0 Å². The zero-order valence-corrected chi connectivity index (χ0v) is 12.4. The third-order valence-corrected chi connectivity index (χ3v) is 4.15. The van der Waals surface area contributed by atoms with E-state index in [1.54, 1.807) is 0 Å². The Morgan fingerprint density at radius 1 is 1.18 bits per heavy atom. The SMILES string of the molecule is Cc1cccc2nc(CSc3ccc(C(F)(F)F)cn3)cn12. The second-order valence-electron chi connectivity index (χ2n) is 4.80. The smallest absolute Gasteiger partial charge is 0.304 e. The van der Waals surface area contributed by atoms with Crippen LogP contribution in [0.1, 0.15) is 17.0 Å². The first-order chi connectivity index (χ1) is 10.4. The van der Waals surface area contributed by atoms with E-state index in [0.717, 1.165) is 29.3 Å². The summed E-state index contributed by atoms with van der Waals surface area (Å²) in [6.07, 6.45) is -1.56. The van der Waals surface area contributed by atoms with Crippen molar-refractivity contribution in [1.82, 2.24) is 14.4 Å². The number of fused-ring (bicyclic) bond motifs is 1. The van der Waals surface area contributed by atoms with Crippen LogP contribution in [0.3, 0.4) is 0 Å². The van der Waals surface area contributed by atoms with Crippen LogP contribution < -0.4 is 0 Å². The topological polar surface area (TPSA) is 30.2 Å². The Bertz CT molecular complexity index is 794. The molecule has 0 bridgehead atoms. The number of hydrogen-bond acceptors (Lipinski definition) is 3. The first-order valence-corrected chi connectivity index (χ1v) is 7.52. The number of aromatic nitrogens is 3. The number of aryl methyl sites for hydroxylation is 1. The Morgan fingerprint density at radius 2 is 2.00 bits per heavy atom. The molecular weight excluding hydrogens is 311 g/mol. The second kappa shape index (κ2) is 5.64. The van der Waals surface area contributed by atoms with Gasteiger partial charge in [-0.05, 0) is 31.2 Å². The van der Waals surface area contributed by atoms with E-state index in [1.807, 2.05) is 35.7 Å². The van der Waals surface area contributed by atoms with Gasteiger partial charge in [-0.15, -0.1) is 0 Å². The van der Waals surface area contributed by atoms with Gasteiger partial charge in [-0.25, -0.2) is 9.97 Å². The molecule has 0 saturated heterocycles. The molecule has 0 radical (unpaired) electrons. The standard InChI is InChI=1S/C15H12F3N3S/c1-10-3-2-4-13-20-12(8-21(10)13)9-22-14-6-5-11(7-19-14)15(16,17)18/h2-8H,9H2,1H3. The van der Waals surface area contributed by atoms with E-state index < -0.39 is 11.7 Å². The molecular formula is C15H12F3N3S. The first kappa shape index (κ1) is 14.9. The lowest BCUT2D eigenvalue weighted by atomic mass is 10.3. The molecule has 0 amide bonds. The van der Waals surface area contributed by atoms with Crippen molar-refractivity contribution in [2.45, 2.75) is 23.9 Å². The van der Waals surface area contributed by atoms with Crippen LogP contribution in [-0.2, 0) is 11.9 Å². The van der Waals surface area contributed by atoms with Crippen molar-refractivity contribution in [3.8, 4) is 0 Å². The van der Waals surface area contributed by atoms with Crippen molar-refractivity contribution >= 4 is 17.4 Å². The average molecular weight is 323 g/mol. The summed E-state index contributed by atoms with van der Waals surface area (Å²) in [5.41, 5.74) is 2.06. The minimum absolute atomic E-state index is 0.543. The number of nitrogens with zero attached hydrogens (tertiary/aromatic N) is 3. The monoisotopic (exact) mass is 323 g/mol. The van der Waals surface area contributed by atoms with Crippen LogP contribution in [0.25, 0.3) is 5.65 Å². The summed E-state index contributed by atoms with van der Waals surface area (Å²) in [4.78, 5) is 8.32. The molecule has 0 atom stereocenters. The summed E-state index contributed by atoms with van der Waals surface area (Å²) in [6.45, 7) is 1.99. The molecule has 0 N–H and O–H groups in total. The van der Waals surface area contributed by atoms with Gasteiger partial charge in [-0.3, -0.25) is 0 Å². The highest BCUT2D eigenvalue weighted by molar-refractivity contribution is 7.98. The highest BCUT2D eigenvalue weighted by Crippen LogP contribution is 2.30. The highest BCUT2D eigenvalue weighted by atomic mass is 32.2. The summed E-state index contributed by atoms with van der Waals surface area (Å²) in [5.74, 6) is 0.555. The van der Waals surface area contributed by atoms with Crippen LogP contribution in [0, 0.1) is 6.92 Å². The molecule has 114 valence electrons. The van der Waals surface area contributed by atoms with Crippen molar-refractivity contribution in [3.05, 3.63) is 59.7 Å². The fourth-order valence-corrected chi connectivity index (χ4v) is 2.78. The van der Waals surface area contributed by atoms with Gasteiger partial charge in [0.2, 0.25) is 0 Å². The number of hydrogen-bond donors (Lipinski definition) is 0. The third-order valence-electron chi connectivity index (χ3n) is 3.18. The quantitative estimate of drug-likeness (QED) is 0.671. The maximum atomic E-state index is 12.5. The van der Waals surface area contributed by atoms with Gasteiger partial charge in [0.1, 0.15) is 5.65 Å². The van der Waals surface area contributed by atoms with Crippen LogP contribution in [-0.4, -0.2) is 14.4 Å². The Balaban J connectivity index is 1.72. The van der Waals surface area contributed by atoms with Gasteiger partial charge < -0.3 is 4.40 Å². The van der Waals surface area contributed by atoms with Crippen molar-refractivity contribution in [3.63, 3.8) is 0 Å². The Kier molecular flexibility index (Phi) is 3.82. The molecule has 0 aliphatic carbocycles. The van der Waals surface area contributed by atoms with Crippen LogP contribution in [0.2, 0.25) is 0 Å². The van der Waals surface area contributed by atoms with Crippen molar-refractivity contribution in [2.75, 3.05) is 0 Å². The lowest BCUT2D eigenvalue weighted by Gasteiger charge is -2.06. The summed E-state index contributed by atoms with van der Waals surface area (Å²) in [7, 11) is 0. The Hall–Kier alpha value is -2.02. The highest BCUT2D eigenvalue weighted by Gasteiger charge is 2.30. The van der Waals surface area contributed by atoms with E-state index >= 15 is 0 Å². The molecule has 0 aromatic carbocycles. The summed E-state index contributed by atoms with van der Waals surface area (Å²) >= 11 is 1.36. The maximum absolute atomic E-state index is 12.5. The third kappa shape index (κ3) is 3.09. The van der Waals surface area contributed by atoms with E-state index in [9.17, 15) is 13.2 Å². The lowest BCUT2D eigenvalue weighted by Crippen LogP contribution is -2.05. The van der Waals surface area contributed by atoms with Gasteiger partial charge in [0.15, 0.2) is 0 Å². The number of halogens is 3. The average Bonchev–Trinajstić information content (AvgIpc) is 2.89. The number of rotatable bonds is 3. The zero-order valence-electron chi connectivity index (χ0n) is 11.6. The number of thioether (sulfide) groups is 1. The molecule has 0 fully saturated rings. The largest absolute Gasteiger partial charge is 0.417 e. The van der Waals surface area contributed by atoms with E-state index in [0.29, 0.717) is 10.8 Å². The van der Waals surface area contributed by atoms with Gasteiger partial charge in [0.05, 0.1) is 16.3 Å². The normalized spacial score (nSPS) is 12.0. The predicted molar refractivity (Wildman–Crippen MR) is 78.7 cm³/mol. The minimum atomic E-state index is -4.35. The molecule has 3 aromatic rings. The maximum Gasteiger partial charge on any atom is 0.417 e. The van der Waals surface area contributed by atoms with Crippen LogP contribution >= 0.6 is 11.8 Å². The summed E-state index contributed by atoms with van der Waals surface area (Å²) < 4.78 is 39.4. The van der Waals surface area contributed by atoms with Crippen LogP contribution in [0.15, 0.2) is 47.8 Å². The zero-order chi connectivity index (χ0) is 15.7. The molecule has 3 heterocycles. The van der Waals surface area contributed by atoms with Gasteiger partial charge in [-0.2, -0.15) is 13.2 Å². The molecule has 3 rings (SSSR count). The molecule has 3 aromatic heterocycles.